The van der Waals surface area contributed by atoms with Crippen LogP contribution in [0.5, 0.6) is 0 Å². The Morgan fingerprint density at radius 1 is 1.08 bits per heavy atom. The predicted molar refractivity (Wildman–Crippen MR) is 106 cm³/mol. The average molecular weight is 353 g/mol. The van der Waals surface area contributed by atoms with Gasteiger partial charge in [0.25, 0.3) is 0 Å². The number of benzene rings is 1. The molecule has 1 aliphatic carbocycles. The Kier molecular flexibility index (Phi) is 5.95. The van der Waals surface area contributed by atoms with Crippen LogP contribution in [0.25, 0.3) is 11.1 Å². The van der Waals surface area contributed by atoms with E-state index in [0.29, 0.717) is 22.7 Å². The summed E-state index contributed by atoms with van der Waals surface area (Å²) >= 11 is 5.30. The van der Waals surface area contributed by atoms with Crippen molar-refractivity contribution >= 4 is 23.2 Å². The molecule has 2 aromatic rings. The highest BCUT2D eigenvalue weighted by molar-refractivity contribution is 7.80. The number of hydrazone groups is 1. The molecule has 6 heteroatoms. The van der Waals surface area contributed by atoms with Crippen molar-refractivity contribution in [3.05, 3.63) is 54.4 Å². The minimum Gasteiger partial charge on any atom is -0.380 e. The first-order chi connectivity index (χ1) is 12.2. The maximum atomic E-state index is 6.06. The van der Waals surface area contributed by atoms with E-state index in [4.69, 9.17) is 18.0 Å². The second kappa shape index (κ2) is 8.58. The first kappa shape index (κ1) is 17.4. The van der Waals surface area contributed by atoms with Gasteiger partial charge in [0.1, 0.15) is 5.69 Å². The summed E-state index contributed by atoms with van der Waals surface area (Å²) in [6, 6.07) is 14.4. The molecule has 1 aliphatic rings. The molecule has 130 valence electrons. The van der Waals surface area contributed by atoms with E-state index >= 15 is 0 Å². The van der Waals surface area contributed by atoms with Gasteiger partial charge in [-0.15, -0.1) is 0 Å². The molecule has 0 bridgehead atoms. The number of pyridine rings is 1. The van der Waals surface area contributed by atoms with E-state index in [1.807, 2.05) is 42.5 Å². The van der Waals surface area contributed by atoms with Gasteiger partial charge in [0.2, 0.25) is 0 Å². The van der Waals surface area contributed by atoms with E-state index in [1.54, 1.807) is 6.20 Å². The van der Waals surface area contributed by atoms with Gasteiger partial charge in [0.15, 0.2) is 10.9 Å². The van der Waals surface area contributed by atoms with Crippen LogP contribution >= 0.6 is 12.2 Å². The van der Waals surface area contributed by atoms with Gasteiger partial charge < -0.3 is 11.1 Å². The number of aromatic nitrogens is 1. The minimum atomic E-state index is 0.311. The first-order valence-electron chi connectivity index (χ1n) is 8.64. The molecule has 1 heterocycles. The standard InChI is InChI=1S/C19H23N5S/c20-18(23-24-19(25)22-16-9-5-2-6-10-16)17-13-15(11-12-21-17)14-7-3-1-4-8-14/h1,3-4,7-8,11-13,16H,2,5-6,9-10H2,(H2,20,23)(H2,22,24,25). The number of amidine groups is 1. The quantitative estimate of drug-likeness (QED) is 0.341. The zero-order valence-electron chi connectivity index (χ0n) is 14.1. The molecule has 1 aromatic carbocycles. The summed E-state index contributed by atoms with van der Waals surface area (Å²) in [5.74, 6) is 0.311. The van der Waals surface area contributed by atoms with Crippen molar-refractivity contribution in [2.75, 3.05) is 0 Å². The zero-order chi connectivity index (χ0) is 17.5. The molecule has 3 rings (SSSR count). The molecular formula is C19H23N5S. The van der Waals surface area contributed by atoms with Gasteiger partial charge in [-0.2, -0.15) is 5.10 Å². The van der Waals surface area contributed by atoms with Crippen molar-refractivity contribution in [2.45, 2.75) is 38.1 Å². The van der Waals surface area contributed by atoms with Crippen molar-refractivity contribution in [1.82, 2.24) is 15.7 Å². The number of thiocarbonyl (C=S) groups is 1. The topological polar surface area (TPSA) is 75.3 Å². The lowest BCUT2D eigenvalue weighted by Crippen LogP contribution is -2.41. The van der Waals surface area contributed by atoms with Gasteiger partial charge in [0.05, 0.1) is 0 Å². The molecule has 0 radical (unpaired) electrons. The average Bonchev–Trinajstić information content (AvgIpc) is 2.68. The minimum absolute atomic E-state index is 0.311. The van der Waals surface area contributed by atoms with E-state index in [9.17, 15) is 0 Å². The highest BCUT2D eigenvalue weighted by Crippen LogP contribution is 2.19. The summed E-state index contributed by atoms with van der Waals surface area (Å²) in [5, 5.41) is 7.98. The van der Waals surface area contributed by atoms with Crippen molar-refractivity contribution in [3.8, 4) is 11.1 Å². The third-order valence-corrected chi connectivity index (χ3v) is 4.56. The second-order valence-electron chi connectivity index (χ2n) is 6.21. The van der Waals surface area contributed by atoms with E-state index < -0.39 is 0 Å². The fourth-order valence-electron chi connectivity index (χ4n) is 3.01. The van der Waals surface area contributed by atoms with Crippen LogP contribution in [0.2, 0.25) is 0 Å². The summed E-state index contributed by atoms with van der Waals surface area (Å²) in [6.45, 7) is 0. The van der Waals surface area contributed by atoms with Gasteiger partial charge >= 0.3 is 0 Å². The second-order valence-corrected chi connectivity index (χ2v) is 6.62. The van der Waals surface area contributed by atoms with Crippen LogP contribution in [-0.2, 0) is 0 Å². The molecule has 0 spiro atoms. The molecule has 1 aromatic heterocycles. The Hall–Kier alpha value is -2.47. The molecule has 4 N–H and O–H groups in total. The lowest BCUT2D eigenvalue weighted by molar-refractivity contribution is 0.412. The highest BCUT2D eigenvalue weighted by atomic mass is 32.1. The summed E-state index contributed by atoms with van der Waals surface area (Å²) in [7, 11) is 0. The van der Waals surface area contributed by atoms with Crippen molar-refractivity contribution < 1.29 is 0 Å². The molecule has 1 saturated carbocycles. The van der Waals surface area contributed by atoms with Crippen LogP contribution in [0.1, 0.15) is 37.8 Å². The number of nitrogens with zero attached hydrogens (tertiary/aromatic N) is 2. The highest BCUT2D eigenvalue weighted by Gasteiger charge is 2.13. The monoisotopic (exact) mass is 353 g/mol. The number of nitrogens with one attached hydrogen (secondary N) is 2. The molecule has 0 aliphatic heterocycles. The van der Waals surface area contributed by atoms with Gasteiger partial charge in [-0.05, 0) is 48.3 Å². The van der Waals surface area contributed by atoms with E-state index in [2.05, 4.69) is 20.8 Å². The van der Waals surface area contributed by atoms with Crippen LogP contribution in [0.4, 0.5) is 0 Å². The number of hydrogen-bond acceptors (Lipinski definition) is 3. The third-order valence-electron chi connectivity index (χ3n) is 4.35. The van der Waals surface area contributed by atoms with E-state index in [0.717, 1.165) is 24.0 Å². The SMILES string of the molecule is N/C(=N\NC(=S)NC1CCCCC1)c1cc(-c2ccccc2)ccn1. The molecule has 5 nitrogen and oxygen atoms in total. The maximum absolute atomic E-state index is 6.06. The number of hydrogen-bond donors (Lipinski definition) is 3. The molecule has 0 atom stereocenters. The summed E-state index contributed by atoms with van der Waals surface area (Å²) in [4.78, 5) is 4.30. The van der Waals surface area contributed by atoms with Gasteiger partial charge in [-0.3, -0.25) is 10.4 Å². The molecule has 0 saturated heterocycles. The smallest absolute Gasteiger partial charge is 0.187 e. The number of nitrogens with two attached hydrogens (primary N) is 1. The normalized spacial score (nSPS) is 15.6. The van der Waals surface area contributed by atoms with Crippen molar-refractivity contribution in [3.63, 3.8) is 0 Å². The summed E-state index contributed by atoms with van der Waals surface area (Å²) in [5.41, 5.74) is 11.7. The van der Waals surface area contributed by atoms with Crippen LogP contribution in [0, 0.1) is 0 Å². The maximum Gasteiger partial charge on any atom is 0.187 e. The summed E-state index contributed by atoms with van der Waals surface area (Å²) in [6.07, 6.45) is 7.86. The van der Waals surface area contributed by atoms with Gasteiger partial charge in [0, 0.05) is 12.2 Å². The molecule has 1 fully saturated rings. The third kappa shape index (κ3) is 5.00. The Labute approximate surface area is 153 Å². The van der Waals surface area contributed by atoms with Crippen LogP contribution in [0.3, 0.4) is 0 Å². The lowest BCUT2D eigenvalue weighted by Gasteiger charge is -2.23. The van der Waals surface area contributed by atoms with Crippen LogP contribution in [-0.4, -0.2) is 22.0 Å². The fourth-order valence-corrected chi connectivity index (χ4v) is 3.23. The van der Waals surface area contributed by atoms with Crippen LogP contribution < -0.4 is 16.5 Å². The molecule has 25 heavy (non-hydrogen) atoms. The van der Waals surface area contributed by atoms with Gasteiger partial charge in [-0.1, -0.05) is 49.6 Å². The fraction of sp³-hybridized carbons (Fsp3) is 0.316. The van der Waals surface area contributed by atoms with E-state index in [1.165, 1.54) is 19.3 Å². The molecular weight excluding hydrogens is 330 g/mol. The van der Waals surface area contributed by atoms with Crippen molar-refractivity contribution in [1.29, 1.82) is 0 Å². The van der Waals surface area contributed by atoms with Gasteiger partial charge in [-0.25, -0.2) is 0 Å². The van der Waals surface area contributed by atoms with Crippen molar-refractivity contribution in [2.24, 2.45) is 10.8 Å². The Balaban J connectivity index is 1.63. The Morgan fingerprint density at radius 3 is 2.60 bits per heavy atom. The largest absolute Gasteiger partial charge is 0.380 e. The molecule has 0 unspecified atom stereocenters. The zero-order valence-corrected chi connectivity index (χ0v) is 14.9. The van der Waals surface area contributed by atoms with E-state index in [-0.39, 0.29) is 0 Å². The van der Waals surface area contributed by atoms with Crippen LogP contribution in [0.15, 0.2) is 53.8 Å². The summed E-state index contributed by atoms with van der Waals surface area (Å²) < 4.78 is 0. The number of rotatable bonds is 4. The predicted octanol–water partition coefficient (Wildman–Crippen LogP) is 3.17. The Morgan fingerprint density at radius 2 is 1.84 bits per heavy atom. The first-order valence-corrected chi connectivity index (χ1v) is 9.05. The Bertz CT molecular complexity index is 738. The lowest BCUT2D eigenvalue weighted by atomic mass is 9.96. The molecule has 0 amide bonds.